The highest BCUT2D eigenvalue weighted by Crippen LogP contribution is 2.35. The zero-order valence-corrected chi connectivity index (χ0v) is 15.0. The Morgan fingerprint density at radius 2 is 1.68 bits per heavy atom. The summed E-state index contributed by atoms with van der Waals surface area (Å²) in [4.78, 5) is 47.4. The Kier molecular flexibility index (Phi) is 7.94. The van der Waals surface area contributed by atoms with E-state index < -0.39 is 30.3 Å². The van der Waals surface area contributed by atoms with Crippen LogP contribution in [-0.4, -0.2) is 48.3 Å². The van der Waals surface area contributed by atoms with E-state index >= 15 is 0 Å². The third-order valence-corrected chi connectivity index (χ3v) is 4.20. The first kappa shape index (κ1) is 21.0. The lowest BCUT2D eigenvalue weighted by molar-refractivity contribution is -0.232. The molecule has 5 atom stereocenters. The molecule has 1 amide bonds. The molecule has 0 aromatic heterocycles. The molecule has 0 aromatic carbocycles. The van der Waals surface area contributed by atoms with Crippen LogP contribution < -0.4 is 5.32 Å². The Bertz CT molecular complexity index is 579. The minimum absolute atomic E-state index is 0.0460. The van der Waals surface area contributed by atoms with Gasteiger partial charge >= 0.3 is 0 Å². The lowest BCUT2D eigenvalue weighted by atomic mass is 9.74. The van der Waals surface area contributed by atoms with Crippen molar-refractivity contribution >= 4 is 23.3 Å². The Balaban J connectivity index is 3.23. The van der Waals surface area contributed by atoms with Gasteiger partial charge in [-0.05, 0) is 27.2 Å². The Morgan fingerprint density at radius 3 is 2.12 bits per heavy atom. The summed E-state index contributed by atoms with van der Waals surface area (Å²) < 4.78 is 11.3. The van der Waals surface area contributed by atoms with Gasteiger partial charge in [-0.2, -0.15) is 0 Å². The smallest absolute Gasteiger partial charge is 0.217 e. The summed E-state index contributed by atoms with van der Waals surface area (Å²) in [6.07, 6.45) is 4.07. The number of hydrogen-bond acceptors (Lipinski definition) is 6. The van der Waals surface area contributed by atoms with Crippen LogP contribution in [0.25, 0.3) is 0 Å². The summed E-state index contributed by atoms with van der Waals surface area (Å²) in [7, 11) is 0. The van der Waals surface area contributed by atoms with Gasteiger partial charge in [-0.3, -0.25) is 14.4 Å². The predicted molar refractivity (Wildman–Crippen MR) is 89.3 cm³/mol. The molecule has 0 saturated carbocycles. The highest BCUT2D eigenvalue weighted by Gasteiger charge is 2.50. The van der Waals surface area contributed by atoms with E-state index in [1.54, 1.807) is 0 Å². The van der Waals surface area contributed by atoms with Crippen LogP contribution in [0.4, 0.5) is 0 Å². The molecule has 138 valence electrons. The Hall–Kier alpha value is -2.04. The van der Waals surface area contributed by atoms with Gasteiger partial charge in [-0.1, -0.05) is 5.92 Å². The molecule has 1 aliphatic rings. The van der Waals surface area contributed by atoms with E-state index in [9.17, 15) is 19.2 Å². The zero-order valence-electron chi connectivity index (χ0n) is 15.0. The van der Waals surface area contributed by atoms with Gasteiger partial charge in [0, 0.05) is 13.3 Å². The second kappa shape index (κ2) is 9.44. The van der Waals surface area contributed by atoms with Crippen molar-refractivity contribution in [1.82, 2.24) is 5.32 Å². The minimum atomic E-state index is -0.971. The van der Waals surface area contributed by atoms with Crippen molar-refractivity contribution in [3.63, 3.8) is 0 Å². The standard InChI is InChI=1S/C18H25NO6/c1-6-9-24-18-17(19-13(5)23)16(12(4)22)15(11(3)21)14(25-18)8-7-10(2)20/h1,14-18H,7-9H2,2-5H3,(H,19,23)/t14-,15-,16+,17+,18-/m1/s1. The molecular weight excluding hydrogens is 326 g/mol. The van der Waals surface area contributed by atoms with E-state index in [0.717, 1.165) is 0 Å². The zero-order chi connectivity index (χ0) is 19.1. The fourth-order valence-electron chi connectivity index (χ4n) is 3.24. The van der Waals surface area contributed by atoms with E-state index in [0.29, 0.717) is 0 Å². The number of ether oxygens (including phenoxy) is 2. The molecule has 7 nitrogen and oxygen atoms in total. The summed E-state index contributed by atoms with van der Waals surface area (Å²) in [6.45, 7) is 5.41. The van der Waals surface area contributed by atoms with Crippen molar-refractivity contribution < 1.29 is 28.7 Å². The van der Waals surface area contributed by atoms with Crippen molar-refractivity contribution in [2.75, 3.05) is 6.61 Å². The van der Waals surface area contributed by atoms with Crippen LogP contribution in [0, 0.1) is 24.2 Å². The van der Waals surface area contributed by atoms with Gasteiger partial charge in [-0.25, -0.2) is 0 Å². The van der Waals surface area contributed by atoms with Gasteiger partial charge in [0.25, 0.3) is 0 Å². The highest BCUT2D eigenvalue weighted by molar-refractivity contribution is 5.89. The van der Waals surface area contributed by atoms with Crippen LogP contribution in [0.1, 0.15) is 40.5 Å². The van der Waals surface area contributed by atoms with Crippen LogP contribution in [0.3, 0.4) is 0 Å². The van der Waals surface area contributed by atoms with Gasteiger partial charge in [0.1, 0.15) is 24.0 Å². The normalized spacial score (nSPS) is 28.7. The van der Waals surface area contributed by atoms with Gasteiger partial charge in [0.2, 0.25) is 5.91 Å². The second-order valence-electron chi connectivity index (χ2n) is 6.30. The quantitative estimate of drug-likeness (QED) is 0.645. The summed E-state index contributed by atoms with van der Waals surface area (Å²) in [5.41, 5.74) is 0. The fourth-order valence-corrected chi connectivity index (χ4v) is 3.24. The molecule has 1 N–H and O–H groups in total. The predicted octanol–water partition coefficient (Wildman–Crippen LogP) is 0.645. The maximum atomic E-state index is 12.3. The maximum Gasteiger partial charge on any atom is 0.217 e. The second-order valence-corrected chi connectivity index (χ2v) is 6.30. The van der Waals surface area contributed by atoms with Gasteiger partial charge < -0.3 is 19.6 Å². The first-order chi connectivity index (χ1) is 11.7. The third kappa shape index (κ3) is 5.76. The lowest BCUT2D eigenvalue weighted by Gasteiger charge is -2.45. The minimum Gasteiger partial charge on any atom is -0.348 e. The maximum absolute atomic E-state index is 12.3. The Labute approximate surface area is 147 Å². The number of carbonyl (C=O) groups excluding carboxylic acids is 4. The van der Waals surface area contributed by atoms with E-state index in [-0.39, 0.29) is 42.7 Å². The number of nitrogens with one attached hydrogen (secondary N) is 1. The molecule has 1 rings (SSSR count). The monoisotopic (exact) mass is 351 g/mol. The van der Waals surface area contributed by atoms with Gasteiger partial charge in [0.15, 0.2) is 6.29 Å². The molecule has 1 heterocycles. The number of hydrogen-bond donors (Lipinski definition) is 1. The van der Waals surface area contributed by atoms with Crippen LogP contribution in [0.5, 0.6) is 0 Å². The van der Waals surface area contributed by atoms with Crippen LogP contribution in [0.15, 0.2) is 0 Å². The molecule has 1 saturated heterocycles. The number of carbonyl (C=O) groups is 4. The number of ketones is 3. The Morgan fingerprint density at radius 1 is 1.08 bits per heavy atom. The summed E-state index contributed by atoms with van der Waals surface area (Å²) in [5.74, 6) is -0.182. The number of Topliss-reactive ketones (excluding diaryl/α,β-unsaturated/α-hetero) is 3. The SMILES string of the molecule is C#CCO[C@@H]1O[C@H](CCC(C)=O)[C@@H](C(C)=O)[C@H](C(C)=O)[C@@H]1NC(C)=O. The molecule has 1 aliphatic heterocycles. The first-order valence-electron chi connectivity index (χ1n) is 8.17. The molecule has 0 radical (unpaired) electrons. The molecule has 0 aliphatic carbocycles. The van der Waals surface area contributed by atoms with Crippen molar-refractivity contribution in [1.29, 1.82) is 0 Å². The average Bonchev–Trinajstić information content (AvgIpc) is 2.50. The van der Waals surface area contributed by atoms with E-state index in [4.69, 9.17) is 15.9 Å². The van der Waals surface area contributed by atoms with Crippen molar-refractivity contribution in [2.45, 2.75) is 59.0 Å². The number of amides is 1. The number of rotatable bonds is 8. The average molecular weight is 351 g/mol. The summed E-state index contributed by atoms with van der Waals surface area (Å²) in [6, 6.07) is -0.828. The van der Waals surface area contributed by atoms with Crippen LogP contribution in [0.2, 0.25) is 0 Å². The van der Waals surface area contributed by atoms with Crippen LogP contribution in [-0.2, 0) is 28.7 Å². The van der Waals surface area contributed by atoms with Crippen molar-refractivity contribution in [3.8, 4) is 12.3 Å². The van der Waals surface area contributed by atoms with E-state index in [1.165, 1.54) is 27.7 Å². The fraction of sp³-hybridized carbons (Fsp3) is 0.667. The molecule has 7 heteroatoms. The summed E-state index contributed by atoms with van der Waals surface area (Å²) >= 11 is 0. The highest BCUT2D eigenvalue weighted by atomic mass is 16.7. The first-order valence-corrected chi connectivity index (χ1v) is 8.17. The molecule has 0 aromatic rings. The topological polar surface area (TPSA) is 98.8 Å². The van der Waals surface area contributed by atoms with Gasteiger partial charge in [-0.15, -0.1) is 6.42 Å². The molecule has 0 spiro atoms. The van der Waals surface area contributed by atoms with E-state index in [2.05, 4.69) is 11.2 Å². The molecule has 0 unspecified atom stereocenters. The molecular formula is C18H25NO6. The van der Waals surface area contributed by atoms with Gasteiger partial charge in [0.05, 0.1) is 24.0 Å². The van der Waals surface area contributed by atoms with E-state index in [1.807, 2.05) is 0 Å². The third-order valence-electron chi connectivity index (χ3n) is 4.20. The van der Waals surface area contributed by atoms with Crippen molar-refractivity contribution in [3.05, 3.63) is 0 Å². The van der Waals surface area contributed by atoms with Crippen LogP contribution >= 0.6 is 0 Å². The van der Waals surface area contributed by atoms with Crippen molar-refractivity contribution in [2.24, 2.45) is 11.8 Å². The molecule has 0 bridgehead atoms. The molecule has 25 heavy (non-hydrogen) atoms. The lowest BCUT2D eigenvalue weighted by Crippen LogP contribution is -2.62. The summed E-state index contributed by atoms with van der Waals surface area (Å²) in [5, 5.41) is 2.64. The molecule has 1 fully saturated rings. The number of terminal acetylenes is 1. The largest absolute Gasteiger partial charge is 0.348 e.